The average molecular weight is 530 g/mol. The molecule has 0 aliphatic rings. The first kappa shape index (κ1) is 25.3. The van der Waals surface area contributed by atoms with Gasteiger partial charge in [0.25, 0.3) is 5.56 Å². The molecule has 0 saturated carbocycles. The summed E-state index contributed by atoms with van der Waals surface area (Å²) in [6.45, 7) is 6.21. The SMILES string of the molecule is CCCc1nc(C)c2c(=O)[nH]c(-c3cc(-c4csc(C(=O)c5ccc(OC)cc5)n4)ccc3OCC)nn12. The van der Waals surface area contributed by atoms with E-state index in [4.69, 9.17) is 14.6 Å². The minimum atomic E-state index is -0.267. The molecule has 5 rings (SSSR count). The molecular weight excluding hydrogens is 502 g/mol. The van der Waals surface area contributed by atoms with Crippen molar-refractivity contribution in [3.63, 3.8) is 0 Å². The van der Waals surface area contributed by atoms with Gasteiger partial charge in [0.1, 0.15) is 17.3 Å². The number of H-pyrrole nitrogens is 1. The third kappa shape index (κ3) is 4.70. The first-order valence-corrected chi connectivity index (χ1v) is 13.2. The third-order valence-corrected chi connectivity index (χ3v) is 6.94. The van der Waals surface area contributed by atoms with Crippen LogP contribution in [0.1, 0.15) is 47.2 Å². The summed E-state index contributed by atoms with van der Waals surface area (Å²) < 4.78 is 12.7. The van der Waals surface area contributed by atoms with Crippen molar-refractivity contribution in [3.05, 3.63) is 80.3 Å². The maximum Gasteiger partial charge on any atom is 0.277 e. The number of nitrogens with zero attached hydrogens (tertiary/aromatic N) is 4. The maximum atomic E-state index is 13.0. The Morgan fingerprint density at radius 2 is 1.89 bits per heavy atom. The highest BCUT2D eigenvalue weighted by Crippen LogP contribution is 2.33. The van der Waals surface area contributed by atoms with E-state index in [1.165, 1.54) is 11.3 Å². The first-order chi connectivity index (χ1) is 18.4. The molecule has 0 atom stereocenters. The summed E-state index contributed by atoms with van der Waals surface area (Å²) >= 11 is 1.28. The van der Waals surface area contributed by atoms with Gasteiger partial charge in [-0.2, -0.15) is 0 Å². The highest BCUT2D eigenvalue weighted by atomic mass is 32.1. The van der Waals surface area contributed by atoms with E-state index >= 15 is 0 Å². The fourth-order valence-electron chi connectivity index (χ4n) is 4.27. The zero-order chi connectivity index (χ0) is 26.8. The van der Waals surface area contributed by atoms with Crippen molar-refractivity contribution in [1.82, 2.24) is 24.6 Å². The Labute approximate surface area is 223 Å². The number of aromatic amines is 1. The number of thiazole rings is 1. The van der Waals surface area contributed by atoms with Gasteiger partial charge in [-0.1, -0.05) is 6.92 Å². The van der Waals surface area contributed by atoms with Gasteiger partial charge in [-0.25, -0.2) is 14.5 Å². The van der Waals surface area contributed by atoms with Crippen LogP contribution in [0.15, 0.2) is 52.6 Å². The molecule has 0 radical (unpaired) electrons. The molecule has 0 bridgehead atoms. The van der Waals surface area contributed by atoms with Gasteiger partial charge < -0.3 is 14.5 Å². The van der Waals surface area contributed by atoms with Crippen LogP contribution in [0.2, 0.25) is 0 Å². The normalized spacial score (nSPS) is 11.2. The molecule has 3 heterocycles. The summed E-state index contributed by atoms with van der Waals surface area (Å²) in [5, 5.41) is 6.97. The van der Waals surface area contributed by atoms with Gasteiger partial charge in [0, 0.05) is 22.9 Å². The number of carbonyl (C=O) groups excluding carboxylic acids is 1. The second-order valence-corrected chi connectivity index (χ2v) is 9.52. The summed E-state index contributed by atoms with van der Waals surface area (Å²) in [6, 6.07) is 12.5. The van der Waals surface area contributed by atoms with E-state index in [9.17, 15) is 9.59 Å². The smallest absolute Gasteiger partial charge is 0.277 e. The largest absolute Gasteiger partial charge is 0.497 e. The zero-order valence-electron chi connectivity index (χ0n) is 21.6. The number of fused-ring (bicyclic) bond motifs is 1. The Morgan fingerprint density at radius 3 is 2.61 bits per heavy atom. The van der Waals surface area contributed by atoms with Gasteiger partial charge in [0.05, 0.1) is 30.7 Å². The van der Waals surface area contributed by atoms with Crippen molar-refractivity contribution in [1.29, 1.82) is 0 Å². The molecule has 0 spiro atoms. The highest BCUT2D eigenvalue weighted by molar-refractivity contribution is 7.12. The molecule has 1 N–H and O–H groups in total. The van der Waals surface area contributed by atoms with Crippen molar-refractivity contribution < 1.29 is 14.3 Å². The van der Waals surface area contributed by atoms with E-state index in [-0.39, 0.29) is 11.3 Å². The number of methoxy groups -OCH3 is 1. The van der Waals surface area contributed by atoms with Crippen molar-refractivity contribution in [2.45, 2.75) is 33.6 Å². The molecule has 3 aromatic heterocycles. The molecule has 10 heteroatoms. The van der Waals surface area contributed by atoms with E-state index in [0.29, 0.717) is 63.4 Å². The van der Waals surface area contributed by atoms with Crippen LogP contribution >= 0.6 is 11.3 Å². The van der Waals surface area contributed by atoms with Gasteiger partial charge in [-0.05, 0) is 62.7 Å². The van der Waals surface area contributed by atoms with E-state index in [1.54, 1.807) is 35.9 Å². The lowest BCUT2D eigenvalue weighted by Crippen LogP contribution is -2.16. The molecule has 0 unspecified atom stereocenters. The number of rotatable bonds is 9. The second kappa shape index (κ2) is 10.6. The lowest BCUT2D eigenvalue weighted by atomic mass is 10.1. The number of carbonyl (C=O) groups is 1. The number of ether oxygens (including phenoxy) is 2. The van der Waals surface area contributed by atoms with Crippen LogP contribution < -0.4 is 15.0 Å². The number of hydrogen-bond acceptors (Lipinski definition) is 8. The van der Waals surface area contributed by atoms with Crippen molar-refractivity contribution in [2.75, 3.05) is 13.7 Å². The predicted molar refractivity (Wildman–Crippen MR) is 146 cm³/mol. The van der Waals surface area contributed by atoms with E-state index < -0.39 is 0 Å². The van der Waals surface area contributed by atoms with Crippen molar-refractivity contribution in [3.8, 4) is 34.1 Å². The van der Waals surface area contributed by atoms with Gasteiger partial charge in [0.15, 0.2) is 16.3 Å². The third-order valence-electron chi connectivity index (χ3n) is 6.10. The summed E-state index contributed by atoms with van der Waals surface area (Å²) in [6.07, 6.45) is 1.58. The molecule has 0 fully saturated rings. The molecule has 0 aliphatic carbocycles. The molecule has 0 aliphatic heterocycles. The quantitative estimate of drug-likeness (QED) is 0.264. The van der Waals surface area contributed by atoms with Crippen LogP contribution in [-0.4, -0.2) is 44.1 Å². The Balaban J connectivity index is 1.56. The minimum Gasteiger partial charge on any atom is -0.497 e. The monoisotopic (exact) mass is 529 g/mol. The van der Waals surface area contributed by atoms with Crippen LogP contribution in [0.4, 0.5) is 0 Å². The number of benzene rings is 2. The molecule has 5 aromatic rings. The number of ketones is 1. The zero-order valence-corrected chi connectivity index (χ0v) is 22.4. The van der Waals surface area contributed by atoms with Crippen LogP contribution in [0.25, 0.3) is 28.2 Å². The molecule has 38 heavy (non-hydrogen) atoms. The lowest BCUT2D eigenvalue weighted by molar-refractivity contribution is 0.103. The molecular formula is C28H27N5O4S. The summed E-state index contributed by atoms with van der Waals surface area (Å²) in [4.78, 5) is 38.1. The summed E-state index contributed by atoms with van der Waals surface area (Å²) in [7, 11) is 1.58. The van der Waals surface area contributed by atoms with Gasteiger partial charge in [0.2, 0.25) is 5.78 Å². The number of nitrogens with one attached hydrogen (secondary N) is 1. The maximum absolute atomic E-state index is 13.0. The number of hydrogen-bond donors (Lipinski definition) is 1. The van der Waals surface area contributed by atoms with Crippen LogP contribution in [0.5, 0.6) is 11.5 Å². The molecule has 2 aromatic carbocycles. The van der Waals surface area contributed by atoms with E-state index in [1.807, 2.05) is 37.4 Å². The van der Waals surface area contributed by atoms with E-state index in [0.717, 1.165) is 17.8 Å². The number of aryl methyl sites for hydroxylation is 2. The standard InChI is InChI=1S/C28H27N5O4S/c1-5-7-23-29-16(3)24-27(35)31-26(32-33(23)24)20-14-18(10-13-22(20)37-6-2)21-15-38-28(30-21)25(34)17-8-11-19(36-4)12-9-17/h8-15H,5-7H2,1-4H3,(H,31,32,35). The van der Waals surface area contributed by atoms with Crippen LogP contribution in [-0.2, 0) is 6.42 Å². The van der Waals surface area contributed by atoms with Crippen LogP contribution in [0.3, 0.4) is 0 Å². The minimum absolute atomic E-state index is 0.162. The summed E-state index contributed by atoms with van der Waals surface area (Å²) in [5.74, 6) is 2.21. The molecule has 0 amide bonds. The molecule has 194 valence electrons. The Hall–Kier alpha value is -4.31. The van der Waals surface area contributed by atoms with E-state index in [2.05, 4.69) is 21.9 Å². The van der Waals surface area contributed by atoms with Gasteiger partial charge >= 0.3 is 0 Å². The second-order valence-electron chi connectivity index (χ2n) is 8.67. The van der Waals surface area contributed by atoms with Gasteiger partial charge in [-0.3, -0.25) is 9.59 Å². The molecule has 9 nitrogen and oxygen atoms in total. The number of imidazole rings is 1. The highest BCUT2D eigenvalue weighted by Gasteiger charge is 2.19. The van der Waals surface area contributed by atoms with Crippen molar-refractivity contribution in [2.24, 2.45) is 0 Å². The van der Waals surface area contributed by atoms with Crippen LogP contribution in [0, 0.1) is 6.92 Å². The lowest BCUT2D eigenvalue weighted by Gasteiger charge is -2.12. The Bertz CT molecular complexity index is 1680. The number of aromatic nitrogens is 5. The first-order valence-electron chi connectivity index (χ1n) is 12.3. The topological polar surface area (TPSA) is 111 Å². The fraction of sp³-hybridized carbons (Fsp3) is 0.250. The van der Waals surface area contributed by atoms with Crippen molar-refractivity contribution >= 4 is 22.6 Å². The molecule has 0 saturated heterocycles. The predicted octanol–water partition coefficient (Wildman–Crippen LogP) is 5.11. The Morgan fingerprint density at radius 1 is 1.11 bits per heavy atom. The average Bonchev–Trinajstić information content (AvgIpc) is 3.54. The summed E-state index contributed by atoms with van der Waals surface area (Å²) in [5.41, 5.74) is 3.38. The Kier molecular flexibility index (Phi) is 7.06. The van der Waals surface area contributed by atoms with Gasteiger partial charge in [-0.15, -0.1) is 16.4 Å². The fourth-order valence-corrected chi connectivity index (χ4v) is 5.06.